The summed E-state index contributed by atoms with van der Waals surface area (Å²) in [4.78, 5) is 0. The molecule has 0 rings (SSSR count). The van der Waals surface area contributed by atoms with E-state index in [2.05, 4.69) is 24.9 Å². The van der Waals surface area contributed by atoms with Gasteiger partial charge in [-0.15, -0.1) is 5.73 Å². The minimum Gasteiger partial charge on any atom is -0.312 e. The van der Waals surface area contributed by atoms with E-state index in [1.807, 2.05) is 19.1 Å². The third kappa shape index (κ3) is 7.48. The molecule has 1 heteroatoms. The highest BCUT2D eigenvalue weighted by Gasteiger charge is 1.88. The second kappa shape index (κ2) is 6.60. The number of rotatable bonds is 4. The zero-order valence-corrected chi connectivity index (χ0v) is 7.15. The van der Waals surface area contributed by atoms with E-state index in [1.54, 1.807) is 0 Å². The van der Waals surface area contributed by atoms with E-state index in [9.17, 15) is 0 Å². The lowest BCUT2D eigenvalue weighted by molar-refractivity contribution is 0.577. The van der Waals surface area contributed by atoms with Gasteiger partial charge in [0, 0.05) is 6.54 Å². The van der Waals surface area contributed by atoms with Crippen molar-refractivity contribution in [2.75, 3.05) is 13.1 Å². The van der Waals surface area contributed by atoms with Crippen molar-refractivity contribution in [3.8, 4) is 0 Å². The van der Waals surface area contributed by atoms with Gasteiger partial charge in [-0.1, -0.05) is 13.8 Å². The molecule has 0 aromatic carbocycles. The SMILES string of the molecule is CC=C=CCNCC(C)C. The van der Waals surface area contributed by atoms with Crippen molar-refractivity contribution >= 4 is 0 Å². The quantitative estimate of drug-likeness (QED) is 0.464. The largest absolute Gasteiger partial charge is 0.312 e. The molecule has 0 saturated carbocycles. The third-order valence-electron chi connectivity index (χ3n) is 1.08. The molecule has 0 saturated heterocycles. The Kier molecular flexibility index (Phi) is 6.25. The highest BCUT2D eigenvalue weighted by atomic mass is 14.8. The van der Waals surface area contributed by atoms with Gasteiger partial charge in [-0.3, -0.25) is 0 Å². The molecule has 0 aromatic rings. The van der Waals surface area contributed by atoms with Gasteiger partial charge in [-0.25, -0.2) is 0 Å². The van der Waals surface area contributed by atoms with Crippen LogP contribution in [-0.4, -0.2) is 13.1 Å². The van der Waals surface area contributed by atoms with Gasteiger partial charge in [-0.2, -0.15) is 0 Å². The van der Waals surface area contributed by atoms with Crippen LogP contribution in [0.3, 0.4) is 0 Å². The van der Waals surface area contributed by atoms with E-state index in [4.69, 9.17) is 0 Å². The lowest BCUT2D eigenvalue weighted by atomic mass is 10.2. The van der Waals surface area contributed by atoms with Gasteiger partial charge >= 0.3 is 0 Å². The van der Waals surface area contributed by atoms with E-state index < -0.39 is 0 Å². The summed E-state index contributed by atoms with van der Waals surface area (Å²) in [5, 5.41) is 3.28. The molecule has 0 spiro atoms. The standard InChI is InChI=1S/C9H17N/c1-4-5-6-7-10-8-9(2)3/h4,6,9-10H,7-8H2,1-3H3. The van der Waals surface area contributed by atoms with E-state index in [1.165, 1.54) is 0 Å². The maximum atomic E-state index is 3.28. The molecule has 0 aliphatic heterocycles. The summed E-state index contributed by atoms with van der Waals surface area (Å²) in [6.07, 6.45) is 3.92. The molecule has 10 heavy (non-hydrogen) atoms. The van der Waals surface area contributed by atoms with Gasteiger partial charge < -0.3 is 5.32 Å². The first-order chi connectivity index (χ1) is 4.77. The maximum absolute atomic E-state index is 3.28. The molecule has 0 fully saturated rings. The topological polar surface area (TPSA) is 12.0 Å². The molecule has 0 aliphatic carbocycles. The Hall–Kier alpha value is -0.520. The molecular weight excluding hydrogens is 122 g/mol. The summed E-state index contributed by atoms with van der Waals surface area (Å²) in [5.74, 6) is 0.735. The molecular formula is C9H17N. The van der Waals surface area contributed by atoms with Gasteiger partial charge in [0.2, 0.25) is 0 Å². The summed E-state index contributed by atoms with van der Waals surface area (Å²) >= 11 is 0. The Balaban J connectivity index is 3.13. The predicted octanol–water partition coefficient (Wildman–Crippen LogP) is 1.96. The molecule has 0 atom stereocenters. The fraction of sp³-hybridized carbons (Fsp3) is 0.667. The van der Waals surface area contributed by atoms with Crippen molar-refractivity contribution in [3.63, 3.8) is 0 Å². The first-order valence-electron chi connectivity index (χ1n) is 3.83. The van der Waals surface area contributed by atoms with Gasteiger partial charge in [0.1, 0.15) is 0 Å². The van der Waals surface area contributed by atoms with Crippen LogP contribution in [0.15, 0.2) is 17.9 Å². The van der Waals surface area contributed by atoms with Crippen LogP contribution >= 0.6 is 0 Å². The smallest absolute Gasteiger partial charge is 0.0210 e. The Labute approximate surface area is 63.8 Å². The molecule has 0 amide bonds. The molecule has 0 radical (unpaired) electrons. The minimum absolute atomic E-state index is 0.735. The maximum Gasteiger partial charge on any atom is 0.0210 e. The second-order valence-electron chi connectivity index (χ2n) is 2.71. The van der Waals surface area contributed by atoms with Crippen LogP contribution in [-0.2, 0) is 0 Å². The zero-order valence-electron chi connectivity index (χ0n) is 7.15. The summed E-state index contributed by atoms with van der Waals surface area (Å²) < 4.78 is 0. The zero-order chi connectivity index (χ0) is 7.82. The Bertz CT molecular complexity index is 119. The second-order valence-corrected chi connectivity index (χ2v) is 2.71. The van der Waals surface area contributed by atoms with Crippen LogP contribution in [0, 0.1) is 5.92 Å². The van der Waals surface area contributed by atoms with E-state index in [0.717, 1.165) is 19.0 Å². The first kappa shape index (κ1) is 9.48. The van der Waals surface area contributed by atoms with Crippen molar-refractivity contribution in [1.82, 2.24) is 5.32 Å². The number of hydrogen-bond acceptors (Lipinski definition) is 1. The summed E-state index contributed by atoms with van der Waals surface area (Å²) in [7, 11) is 0. The van der Waals surface area contributed by atoms with Crippen LogP contribution in [0.1, 0.15) is 20.8 Å². The van der Waals surface area contributed by atoms with Crippen molar-refractivity contribution in [3.05, 3.63) is 17.9 Å². The summed E-state index contributed by atoms with van der Waals surface area (Å²) in [6.45, 7) is 8.39. The fourth-order valence-electron chi connectivity index (χ4n) is 0.621. The summed E-state index contributed by atoms with van der Waals surface area (Å²) in [6, 6.07) is 0. The highest BCUT2D eigenvalue weighted by molar-refractivity contribution is 4.83. The Morgan fingerprint density at radius 1 is 1.50 bits per heavy atom. The number of hydrogen-bond donors (Lipinski definition) is 1. The lowest BCUT2D eigenvalue weighted by Crippen LogP contribution is -2.19. The fourth-order valence-corrected chi connectivity index (χ4v) is 0.621. The molecule has 1 N–H and O–H groups in total. The normalized spacial score (nSPS) is 9.20. The van der Waals surface area contributed by atoms with Gasteiger partial charge in [0.05, 0.1) is 0 Å². The van der Waals surface area contributed by atoms with Gasteiger partial charge in [0.25, 0.3) is 0 Å². The average Bonchev–Trinajstić information content (AvgIpc) is 1.87. The Morgan fingerprint density at radius 3 is 2.70 bits per heavy atom. The number of nitrogens with one attached hydrogen (secondary N) is 1. The minimum atomic E-state index is 0.735. The van der Waals surface area contributed by atoms with Gasteiger partial charge in [-0.05, 0) is 31.5 Å². The molecule has 58 valence electrons. The van der Waals surface area contributed by atoms with Crippen molar-refractivity contribution in [2.45, 2.75) is 20.8 Å². The van der Waals surface area contributed by atoms with Crippen molar-refractivity contribution in [2.24, 2.45) is 5.92 Å². The van der Waals surface area contributed by atoms with Crippen LogP contribution in [0.25, 0.3) is 0 Å². The van der Waals surface area contributed by atoms with Crippen LogP contribution < -0.4 is 5.32 Å². The van der Waals surface area contributed by atoms with Crippen LogP contribution in [0.5, 0.6) is 0 Å². The highest BCUT2D eigenvalue weighted by Crippen LogP contribution is 1.85. The average molecular weight is 139 g/mol. The van der Waals surface area contributed by atoms with E-state index in [-0.39, 0.29) is 0 Å². The predicted molar refractivity (Wildman–Crippen MR) is 46.0 cm³/mol. The Morgan fingerprint density at radius 2 is 2.20 bits per heavy atom. The molecule has 0 heterocycles. The molecule has 0 unspecified atom stereocenters. The molecule has 0 aliphatic rings. The van der Waals surface area contributed by atoms with Crippen molar-refractivity contribution < 1.29 is 0 Å². The molecule has 0 bridgehead atoms. The third-order valence-corrected chi connectivity index (χ3v) is 1.08. The lowest BCUT2D eigenvalue weighted by Gasteiger charge is -2.02. The van der Waals surface area contributed by atoms with E-state index >= 15 is 0 Å². The monoisotopic (exact) mass is 139 g/mol. The molecule has 1 nitrogen and oxygen atoms in total. The van der Waals surface area contributed by atoms with Crippen LogP contribution in [0.4, 0.5) is 0 Å². The first-order valence-corrected chi connectivity index (χ1v) is 3.83. The summed E-state index contributed by atoms with van der Waals surface area (Å²) in [5.41, 5.74) is 3.01. The van der Waals surface area contributed by atoms with E-state index in [0.29, 0.717) is 0 Å². The van der Waals surface area contributed by atoms with Gasteiger partial charge in [0.15, 0.2) is 0 Å². The molecule has 0 aromatic heterocycles. The van der Waals surface area contributed by atoms with Crippen LogP contribution in [0.2, 0.25) is 0 Å². The van der Waals surface area contributed by atoms with Crippen molar-refractivity contribution in [1.29, 1.82) is 0 Å².